The number of aliphatic imine (C=N–C) groups is 1. The molecule has 2 rings (SSSR count). The molecule has 0 unspecified atom stereocenters. The number of guanidine groups is 1. The summed E-state index contributed by atoms with van der Waals surface area (Å²) >= 11 is 0. The van der Waals surface area contributed by atoms with E-state index >= 15 is 0 Å². The highest BCUT2D eigenvalue weighted by Crippen LogP contribution is 2.23. The standard InChI is InChI=1S/C18H29N3O3S.HI/c1-4-19-17(21-11-13-25(22,23)18(2,3)15-21)20-10-12-24-14-16-8-6-5-7-9-16;/h5-9H,4,10-15H2,1-3H3,(H,19,20);1H. The highest BCUT2D eigenvalue weighted by atomic mass is 127. The van der Waals surface area contributed by atoms with E-state index < -0.39 is 14.6 Å². The fourth-order valence-electron chi connectivity index (χ4n) is 2.73. The Balaban J connectivity index is 0.00000338. The van der Waals surface area contributed by atoms with Crippen molar-refractivity contribution in [1.29, 1.82) is 0 Å². The minimum absolute atomic E-state index is 0. The van der Waals surface area contributed by atoms with E-state index in [-0.39, 0.29) is 29.7 Å². The fraction of sp³-hybridized carbons (Fsp3) is 0.611. The number of hydrogen-bond acceptors (Lipinski definition) is 4. The molecule has 0 spiro atoms. The van der Waals surface area contributed by atoms with Gasteiger partial charge in [0.05, 0.1) is 30.3 Å². The molecular weight excluding hydrogens is 465 g/mol. The monoisotopic (exact) mass is 495 g/mol. The first-order valence-electron chi connectivity index (χ1n) is 8.73. The average molecular weight is 495 g/mol. The zero-order valence-electron chi connectivity index (χ0n) is 15.8. The summed E-state index contributed by atoms with van der Waals surface area (Å²) in [6.07, 6.45) is 0. The van der Waals surface area contributed by atoms with E-state index in [1.807, 2.05) is 42.2 Å². The molecule has 1 aromatic carbocycles. The molecule has 26 heavy (non-hydrogen) atoms. The van der Waals surface area contributed by atoms with E-state index in [1.54, 1.807) is 13.8 Å². The van der Waals surface area contributed by atoms with Crippen molar-refractivity contribution in [3.8, 4) is 0 Å². The van der Waals surface area contributed by atoms with Crippen LogP contribution in [-0.4, -0.2) is 62.6 Å². The summed E-state index contributed by atoms with van der Waals surface area (Å²) in [5.74, 6) is 0.920. The molecule has 148 valence electrons. The normalized spacial score (nSPS) is 18.9. The van der Waals surface area contributed by atoms with Crippen LogP contribution in [0.4, 0.5) is 0 Å². The van der Waals surface area contributed by atoms with E-state index in [0.29, 0.717) is 32.8 Å². The Kier molecular flexibility index (Phi) is 9.32. The number of rotatable bonds is 6. The van der Waals surface area contributed by atoms with Crippen LogP contribution in [0.2, 0.25) is 0 Å². The molecule has 1 aliphatic heterocycles. The van der Waals surface area contributed by atoms with E-state index in [4.69, 9.17) is 4.74 Å². The van der Waals surface area contributed by atoms with E-state index in [2.05, 4.69) is 10.3 Å². The highest BCUT2D eigenvalue weighted by molar-refractivity contribution is 14.0. The lowest BCUT2D eigenvalue weighted by Crippen LogP contribution is -2.57. The zero-order valence-corrected chi connectivity index (χ0v) is 18.9. The molecule has 8 heteroatoms. The van der Waals surface area contributed by atoms with Gasteiger partial charge in [-0.2, -0.15) is 0 Å². The Labute approximate surface area is 174 Å². The minimum Gasteiger partial charge on any atom is -0.375 e. The lowest BCUT2D eigenvalue weighted by molar-refractivity contribution is 0.128. The first-order chi connectivity index (χ1) is 11.9. The molecule has 0 radical (unpaired) electrons. The van der Waals surface area contributed by atoms with Gasteiger partial charge >= 0.3 is 0 Å². The van der Waals surface area contributed by atoms with Gasteiger partial charge in [0.2, 0.25) is 0 Å². The van der Waals surface area contributed by atoms with Crippen LogP contribution in [0, 0.1) is 0 Å². The van der Waals surface area contributed by atoms with Crippen LogP contribution in [0.25, 0.3) is 0 Å². The van der Waals surface area contributed by atoms with E-state index in [1.165, 1.54) is 0 Å². The molecule has 0 atom stereocenters. The molecule has 0 aliphatic carbocycles. The lowest BCUT2D eigenvalue weighted by Gasteiger charge is -2.39. The van der Waals surface area contributed by atoms with Gasteiger partial charge in [-0.05, 0) is 26.3 Å². The maximum absolute atomic E-state index is 12.2. The minimum atomic E-state index is -3.05. The number of benzene rings is 1. The topological polar surface area (TPSA) is 71.0 Å². The first kappa shape index (κ1) is 23.2. The zero-order chi connectivity index (χ0) is 18.3. The summed E-state index contributed by atoms with van der Waals surface area (Å²) in [6.45, 7) is 8.87. The van der Waals surface area contributed by atoms with Gasteiger partial charge in [0.1, 0.15) is 0 Å². The van der Waals surface area contributed by atoms with Gasteiger partial charge in [-0.1, -0.05) is 30.3 Å². The van der Waals surface area contributed by atoms with Crippen molar-refractivity contribution in [3.05, 3.63) is 35.9 Å². The van der Waals surface area contributed by atoms with Crippen LogP contribution in [0.5, 0.6) is 0 Å². The van der Waals surface area contributed by atoms with Crippen molar-refractivity contribution >= 4 is 39.8 Å². The van der Waals surface area contributed by atoms with Gasteiger partial charge in [-0.3, -0.25) is 4.99 Å². The van der Waals surface area contributed by atoms with E-state index in [0.717, 1.165) is 18.1 Å². The summed E-state index contributed by atoms with van der Waals surface area (Å²) in [7, 11) is -3.05. The Bertz CT molecular complexity index is 678. The Morgan fingerprint density at radius 3 is 2.62 bits per heavy atom. The van der Waals surface area contributed by atoms with Crippen molar-refractivity contribution in [2.24, 2.45) is 4.99 Å². The number of nitrogens with one attached hydrogen (secondary N) is 1. The molecule has 1 heterocycles. The smallest absolute Gasteiger partial charge is 0.194 e. The quantitative estimate of drug-likeness (QED) is 0.284. The van der Waals surface area contributed by atoms with Crippen molar-refractivity contribution in [2.75, 3.05) is 38.5 Å². The van der Waals surface area contributed by atoms with Gasteiger partial charge < -0.3 is 15.0 Å². The van der Waals surface area contributed by atoms with Gasteiger partial charge in [0.15, 0.2) is 15.8 Å². The molecule has 1 aliphatic rings. The predicted molar refractivity (Wildman–Crippen MR) is 117 cm³/mol. The molecule has 0 saturated carbocycles. The van der Waals surface area contributed by atoms with Crippen LogP contribution in [0.1, 0.15) is 26.3 Å². The number of ether oxygens (including phenoxy) is 1. The van der Waals surface area contributed by atoms with Crippen LogP contribution < -0.4 is 5.32 Å². The highest BCUT2D eigenvalue weighted by Gasteiger charge is 2.40. The summed E-state index contributed by atoms with van der Waals surface area (Å²) in [5, 5.41) is 3.25. The molecular formula is C18H30IN3O3S. The van der Waals surface area contributed by atoms with Crippen LogP contribution >= 0.6 is 24.0 Å². The SMILES string of the molecule is CCNC(=NCCOCc1ccccc1)N1CCS(=O)(=O)C(C)(C)C1.I. The summed E-state index contributed by atoms with van der Waals surface area (Å²) in [4.78, 5) is 6.62. The average Bonchev–Trinajstić information content (AvgIpc) is 2.57. The van der Waals surface area contributed by atoms with Crippen molar-refractivity contribution in [1.82, 2.24) is 10.2 Å². The predicted octanol–water partition coefficient (Wildman–Crippen LogP) is 2.30. The Hall–Kier alpha value is -0.870. The Morgan fingerprint density at radius 1 is 1.31 bits per heavy atom. The third-order valence-corrected chi connectivity index (χ3v) is 6.82. The molecule has 0 aromatic heterocycles. The van der Waals surface area contributed by atoms with Gasteiger partial charge in [-0.15, -0.1) is 24.0 Å². The molecule has 0 bridgehead atoms. The van der Waals surface area contributed by atoms with Crippen molar-refractivity contribution in [3.63, 3.8) is 0 Å². The summed E-state index contributed by atoms with van der Waals surface area (Å²) < 4.78 is 29.2. The third-order valence-electron chi connectivity index (χ3n) is 4.29. The largest absolute Gasteiger partial charge is 0.375 e. The van der Waals surface area contributed by atoms with Crippen LogP contribution in [0.15, 0.2) is 35.3 Å². The van der Waals surface area contributed by atoms with Crippen molar-refractivity contribution in [2.45, 2.75) is 32.1 Å². The second kappa shape index (κ2) is 10.5. The molecule has 0 amide bonds. The number of halogens is 1. The van der Waals surface area contributed by atoms with Crippen molar-refractivity contribution < 1.29 is 13.2 Å². The number of nitrogens with zero attached hydrogens (tertiary/aromatic N) is 2. The van der Waals surface area contributed by atoms with E-state index in [9.17, 15) is 8.42 Å². The van der Waals surface area contributed by atoms with Crippen LogP contribution in [-0.2, 0) is 21.2 Å². The third kappa shape index (κ3) is 6.38. The molecule has 6 nitrogen and oxygen atoms in total. The molecule has 1 fully saturated rings. The summed E-state index contributed by atoms with van der Waals surface area (Å²) in [5.41, 5.74) is 1.14. The number of hydrogen-bond donors (Lipinski definition) is 1. The van der Waals surface area contributed by atoms with Gasteiger partial charge in [-0.25, -0.2) is 8.42 Å². The van der Waals surface area contributed by atoms with Gasteiger partial charge in [0, 0.05) is 19.6 Å². The second-order valence-electron chi connectivity index (χ2n) is 6.77. The maximum Gasteiger partial charge on any atom is 0.194 e. The van der Waals surface area contributed by atoms with Gasteiger partial charge in [0.25, 0.3) is 0 Å². The Morgan fingerprint density at radius 2 is 2.00 bits per heavy atom. The lowest BCUT2D eigenvalue weighted by atomic mass is 10.2. The summed E-state index contributed by atoms with van der Waals surface area (Å²) in [6, 6.07) is 10.0. The second-order valence-corrected chi connectivity index (χ2v) is 9.52. The first-order valence-corrected chi connectivity index (χ1v) is 10.4. The molecule has 1 N–H and O–H groups in total. The molecule has 1 saturated heterocycles. The number of sulfone groups is 1. The maximum atomic E-state index is 12.2. The molecule has 1 aromatic rings. The fourth-order valence-corrected chi connectivity index (χ4v) is 4.10. The van der Waals surface area contributed by atoms with Crippen LogP contribution in [0.3, 0.4) is 0 Å².